The number of benzene rings is 1. The first-order valence-corrected chi connectivity index (χ1v) is 8.87. The predicted molar refractivity (Wildman–Crippen MR) is 77.9 cm³/mol. The van der Waals surface area contributed by atoms with Crippen molar-refractivity contribution in [3.63, 3.8) is 0 Å². The molecule has 0 unspecified atom stereocenters. The van der Waals surface area contributed by atoms with Gasteiger partial charge in [0.05, 0.1) is 10.8 Å². The summed E-state index contributed by atoms with van der Waals surface area (Å²) in [4.78, 5) is 14.0. The van der Waals surface area contributed by atoms with E-state index in [0.717, 1.165) is 4.47 Å². The van der Waals surface area contributed by atoms with E-state index in [9.17, 15) is 13.2 Å². The standard InChI is InChI=1S/C13H16BrNO3S/c1-19(17,18)10-6-8-15(9-7-10)13(16)11-4-2-3-5-12(11)14/h2-5,10H,6-9H2,1H3. The summed E-state index contributed by atoms with van der Waals surface area (Å²) < 4.78 is 23.7. The Labute approximate surface area is 121 Å². The Hall–Kier alpha value is -0.880. The smallest absolute Gasteiger partial charge is 0.254 e. The van der Waals surface area contributed by atoms with Gasteiger partial charge >= 0.3 is 0 Å². The maximum atomic E-state index is 12.3. The van der Waals surface area contributed by atoms with Gasteiger partial charge in [-0.3, -0.25) is 4.79 Å². The average molecular weight is 346 g/mol. The summed E-state index contributed by atoms with van der Waals surface area (Å²) in [5.41, 5.74) is 0.625. The third-order valence-electron chi connectivity index (χ3n) is 3.44. The van der Waals surface area contributed by atoms with Gasteiger partial charge in [-0.2, -0.15) is 0 Å². The van der Waals surface area contributed by atoms with Gasteiger partial charge in [0.1, 0.15) is 9.84 Å². The number of nitrogens with zero attached hydrogens (tertiary/aromatic N) is 1. The molecule has 1 aromatic carbocycles. The number of halogens is 1. The molecular formula is C13H16BrNO3S. The van der Waals surface area contributed by atoms with Crippen molar-refractivity contribution in [2.75, 3.05) is 19.3 Å². The number of rotatable bonds is 2. The van der Waals surface area contributed by atoms with Crippen LogP contribution in [0.5, 0.6) is 0 Å². The van der Waals surface area contributed by atoms with Gasteiger partial charge in [0.15, 0.2) is 0 Å². The molecule has 0 aliphatic carbocycles. The fraction of sp³-hybridized carbons (Fsp3) is 0.462. The van der Waals surface area contributed by atoms with Gasteiger partial charge in [-0.25, -0.2) is 8.42 Å². The molecule has 0 aromatic heterocycles. The highest BCUT2D eigenvalue weighted by Gasteiger charge is 2.29. The molecule has 19 heavy (non-hydrogen) atoms. The van der Waals surface area contributed by atoms with Crippen molar-refractivity contribution in [3.05, 3.63) is 34.3 Å². The third-order valence-corrected chi connectivity index (χ3v) is 5.81. The van der Waals surface area contributed by atoms with E-state index in [1.54, 1.807) is 11.0 Å². The predicted octanol–water partition coefficient (Wildman–Crippen LogP) is 2.10. The first kappa shape index (κ1) is 14.5. The number of hydrogen-bond donors (Lipinski definition) is 0. The van der Waals surface area contributed by atoms with Crippen LogP contribution in [0, 0.1) is 0 Å². The molecule has 1 heterocycles. The Morgan fingerprint density at radius 1 is 1.26 bits per heavy atom. The van der Waals surface area contributed by atoms with Crippen molar-refractivity contribution in [2.45, 2.75) is 18.1 Å². The van der Waals surface area contributed by atoms with Crippen molar-refractivity contribution in [2.24, 2.45) is 0 Å². The highest BCUT2D eigenvalue weighted by Crippen LogP contribution is 2.22. The molecule has 1 aliphatic heterocycles. The number of carbonyl (C=O) groups excluding carboxylic acids is 1. The fourth-order valence-electron chi connectivity index (χ4n) is 2.29. The quantitative estimate of drug-likeness (QED) is 0.824. The molecule has 2 rings (SSSR count). The molecule has 0 N–H and O–H groups in total. The summed E-state index contributed by atoms with van der Waals surface area (Å²) >= 11 is 3.36. The number of sulfone groups is 1. The Kier molecular flexibility index (Phi) is 4.30. The molecular weight excluding hydrogens is 330 g/mol. The second-order valence-electron chi connectivity index (χ2n) is 4.80. The maximum absolute atomic E-state index is 12.3. The minimum Gasteiger partial charge on any atom is -0.339 e. The summed E-state index contributed by atoms with van der Waals surface area (Å²) in [6.07, 6.45) is 2.31. The van der Waals surface area contributed by atoms with Crippen LogP contribution in [0.2, 0.25) is 0 Å². The molecule has 104 valence electrons. The SMILES string of the molecule is CS(=O)(=O)C1CCN(C(=O)c2ccccc2Br)CC1. The van der Waals surface area contributed by atoms with Crippen molar-refractivity contribution < 1.29 is 13.2 Å². The number of amides is 1. The highest BCUT2D eigenvalue weighted by atomic mass is 79.9. The second-order valence-corrected chi connectivity index (χ2v) is 7.98. The summed E-state index contributed by atoms with van der Waals surface area (Å²) in [7, 11) is -3.00. The maximum Gasteiger partial charge on any atom is 0.254 e. The number of carbonyl (C=O) groups is 1. The zero-order valence-corrected chi connectivity index (χ0v) is 13.1. The van der Waals surface area contributed by atoms with Crippen LogP contribution in [0.15, 0.2) is 28.7 Å². The lowest BCUT2D eigenvalue weighted by Gasteiger charge is -2.31. The lowest BCUT2D eigenvalue weighted by molar-refractivity contribution is 0.0725. The Morgan fingerprint density at radius 3 is 2.37 bits per heavy atom. The normalized spacial score (nSPS) is 17.5. The van der Waals surface area contributed by atoms with Crippen molar-refractivity contribution in [3.8, 4) is 0 Å². The van der Waals surface area contributed by atoms with E-state index >= 15 is 0 Å². The van der Waals surface area contributed by atoms with Crippen molar-refractivity contribution in [1.29, 1.82) is 0 Å². The number of hydrogen-bond acceptors (Lipinski definition) is 3. The van der Waals surface area contributed by atoms with Crippen LogP contribution in [0.4, 0.5) is 0 Å². The molecule has 0 saturated carbocycles. The summed E-state index contributed by atoms with van der Waals surface area (Å²) in [5, 5.41) is -0.309. The molecule has 4 nitrogen and oxygen atoms in total. The van der Waals surface area contributed by atoms with Crippen LogP contribution >= 0.6 is 15.9 Å². The zero-order chi connectivity index (χ0) is 14.0. The molecule has 1 fully saturated rings. The summed E-state index contributed by atoms with van der Waals surface area (Å²) in [5.74, 6) is -0.0422. The fourth-order valence-corrected chi connectivity index (χ4v) is 3.81. The monoisotopic (exact) mass is 345 g/mol. The molecule has 1 saturated heterocycles. The molecule has 1 aliphatic rings. The van der Waals surface area contributed by atoms with Crippen LogP contribution < -0.4 is 0 Å². The zero-order valence-electron chi connectivity index (χ0n) is 10.7. The van der Waals surface area contributed by atoms with Gasteiger partial charge in [0, 0.05) is 23.8 Å². The van der Waals surface area contributed by atoms with E-state index in [0.29, 0.717) is 31.5 Å². The van der Waals surface area contributed by atoms with Gasteiger partial charge in [-0.15, -0.1) is 0 Å². The van der Waals surface area contributed by atoms with E-state index in [2.05, 4.69) is 15.9 Å². The summed E-state index contributed by atoms with van der Waals surface area (Å²) in [6, 6.07) is 7.28. The average Bonchev–Trinajstić information content (AvgIpc) is 2.38. The van der Waals surface area contributed by atoms with Crippen molar-refractivity contribution >= 4 is 31.7 Å². The van der Waals surface area contributed by atoms with Crippen LogP contribution in [0.1, 0.15) is 23.2 Å². The topological polar surface area (TPSA) is 54.5 Å². The molecule has 1 aromatic rings. The highest BCUT2D eigenvalue weighted by molar-refractivity contribution is 9.10. The van der Waals surface area contributed by atoms with E-state index < -0.39 is 9.84 Å². The molecule has 0 radical (unpaired) electrons. The first-order valence-electron chi connectivity index (χ1n) is 6.12. The largest absolute Gasteiger partial charge is 0.339 e. The first-order chi connectivity index (χ1) is 8.89. The second kappa shape index (κ2) is 5.63. The van der Waals surface area contributed by atoms with Gasteiger partial charge in [0.2, 0.25) is 0 Å². The van der Waals surface area contributed by atoms with E-state index in [1.807, 2.05) is 18.2 Å². The van der Waals surface area contributed by atoms with Crippen molar-refractivity contribution in [1.82, 2.24) is 4.90 Å². The van der Waals surface area contributed by atoms with E-state index in [-0.39, 0.29) is 11.2 Å². The van der Waals surface area contributed by atoms with Crippen LogP contribution in [0.25, 0.3) is 0 Å². The third kappa shape index (κ3) is 3.36. The lowest BCUT2D eigenvalue weighted by atomic mass is 10.1. The van der Waals surface area contributed by atoms with E-state index in [1.165, 1.54) is 6.26 Å². The van der Waals surface area contributed by atoms with Gasteiger partial charge in [-0.05, 0) is 40.9 Å². The molecule has 0 spiro atoms. The number of likely N-dealkylation sites (tertiary alicyclic amines) is 1. The van der Waals surface area contributed by atoms with E-state index in [4.69, 9.17) is 0 Å². The molecule has 0 atom stereocenters. The van der Waals surface area contributed by atoms with Crippen LogP contribution in [0.3, 0.4) is 0 Å². The Bertz CT molecular complexity index is 577. The van der Waals surface area contributed by atoms with Crippen LogP contribution in [-0.2, 0) is 9.84 Å². The Morgan fingerprint density at radius 2 is 1.84 bits per heavy atom. The minimum absolute atomic E-state index is 0.0422. The lowest BCUT2D eigenvalue weighted by Crippen LogP contribution is -2.42. The van der Waals surface area contributed by atoms with Gasteiger partial charge in [-0.1, -0.05) is 12.1 Å². The van der Waals surface area contributed by atoms with Gasteiger partial charge < -0.3 is 4.90 Å². The van der Waals surface area contributed by atoms with Crippen LogP contribution in [-0.4, -0.2) is 43.8 Å². The molecule has 1 amide bonds. The van der Waals surface area contributed by atoms with Gasteiger partial charge in [0.25, 0.3) is 5.91 Å². The Balaban J connectivity index is 2.07. The molecule has 0 bridgehead atoms. The summed E-state index contributed by atoms with van der Waals surface area (Å²) in [6.45, 7) is 0.996. The molecule has 6 heteroatoms. The number of piperidine rings is 1. The minimum atomic E-state index is -3.00.